The maximum atomic E-state index is 13.3. The van der Waals surface area contributed by atoms with Gasteiger partial charge < -0.3 is 24.4 Å². The molecule has 2 amide bonds. The van der Waals surface area contributed by atoms with Gasteiger partial charge in [-0.1, -0.05) is 6.07 Å². The zero-order chi connectivity index (χ0) is 23.3. The number of amides is 2. The molecule has 2 aliphatic rings. The molecule has 178 valence electrons. The number of thiophene rings is 1. The van der Waals surface area contributed by atoms with Crippen LogP contribution in [0.15, 0.2) is 35.7 Å². The Balaban J connectivity index is 1.32. The molecular formula is C22H24N6O5S. The summed E-state index contributed by atoms with van der Waals surface area (Å²) in [5.74, 6) is 0.926. The Morgan fingerprint density at radius 1 is 1.18 bits per heavy atom. The van der Waals surface area contributed by atoms with Gasteiger partial charge in [0.25, 0.3) is 5.91 Å². The number of hydrogen-bond acceptors (Lipinski definition) is 9. The molecule has 1 atom stereocenters. The van der Waals surface area contributed by atoms with Crippen molar-refractivity contribution in [2.45, 2.75) is 25.5 Å². The molecule has 1 aromatic carbocycles. The van der Waals surface area contributed by atoms with Crippen molar-refractivity contribution < 1.29 is 23.8 Å². The second-order valence-corrected chi connectivity index (χ2v) is 8.82. The van der Waals surface area contributed by atoms with Crippen molar-refractivity contribution in [1.29, 1.82) is 0 Å². The summed E-state index contributed by atoms with van der Waals surface area (Å²) in [5.41, 5.74) is 0.514. The van der Waals surface area contributed by atoms with E-state index in [1.807, 2.05) is 17.5 Å². The largest absolute Gasteiger partial charge is 0.486 e. The van der Waals surface area contributed by atoms with Gasteiger partial charge >= 0.3 is 0 Å². The van der Waals surface area contributed by atoms with Crippen LogP contribution in [0.5, 0.6) is 11.5 Å². The first kappa shape index (κ1) is 22.3. The molecule has 5 rings (SSSR count). The number of carbonyl (C=O) groups is 2. The van der Waals surface area contributed by atoms with Crippen molar-refractivity contribution in [3.63, 3.8) is 0 Å². The Hall–Kier alpha value is -3.51. The second-order valence-electron chi connectivity index (χ2n) is 7.87. The lowest BCUT2D eigenvalue weighted by Gasteiger charge is -2.25. The Morgan fingerprint density at radius 3 is 2.85 bits per heavy atom. The van der Waals surface area contributed by atoms with Gasteiger partial charge in [-0.05, 0) is 41.6 Å². The van der Waals surface area contributed by atoms with Crippen molar-refractivity contribution >= 4 is 28.8 Å². The molecule has 1 fully saturated rings. The first-order valence-corrected chi connectivity index (χ1v) is 11.9. The lowest BCUT2D eigenvalue weighted by atomic mass is 10.2. The predicted octanol–water partition coefficient (Wildman–Crippen LogP) is 1.50. The number of tetrazole rings is 1. The summed E-state index contributed by atoms with van der Waals surface area (Å²) < 4.78 is 16.8. The van der Waals surface area contributed by atoms with Crippen LogP contribution in [-0.2, 0) is 20.9 Å². The normalized spacial score (nSPS) is 16.9. The van der Waals surface area contributed by atoms with Crippen molar-refractivity contribution in [3.8, 4) is 22.2 Å². The van der Waals surface area contributed by atoms with Gasteiger partial charge in [0, 0.05) is 24.9 Å². The van der Waals surface area contributed by atoms with Gasteiger partial charge in [0.2, 0.25) is 11.7 Å². The summed E-state index contributed by atoms with van der Waals surface area (Å²) in [7, 11) is 0. The third-order valence-electron chi connectivity index (χ3n) is 5.46. The number of benzene rings is 1. The first-order valence-electron chi connectivity index (χ1n) is 11.1. The van der Waals surface area contributed by atoms with Crippen LogP contribution in [-0.4, -0.2) is 71.0 Å². The number of aromatic nitrogens is 4. The number of carbonyl (C=O) groups excluding carboxylic acids is 2. The zero-order valence-electron chi connectivity index (χ0n) is 18.4. The van der Waals surface area contributed by atoms with Crippen molar-refractivity contribution in [2.75, 3.05) is 37.8 Å². The van der Waals surface area contributed by atoms with Gasteiger partial charge in [0.1, 0.15) is 26.3 Å². The van der Waals surface area contributed by atoms with Gasteiger partial charge in [0.05, 0.1) is 11.0 Å². The standard InChI is InChI=1S/C22H24N6O5S/c29-20(23-12-16-3-1-7-31-16)13-27(15-5-6-17-18(11-15)33-9-8-32-17)21(30)14-28-25-22(24-26-28)19-4-2-10-34-19/h2,4-6,10-11,16H,1,3,7-9,12-14H2,(H,23,29)/t16-/m0/s1. The number of rotatable bonds is 8. The molecule has 1 N–H and O–H groups in total. The highest BCUT2D eigenvalue weighted by molar-refractivity contribution is 7.13. The van der Waals surface area contributed by atoms with Gasteiger partial charge in [-0.2, -0.15) is 4.80 Å². The molecule has 11 nitrogen and oxygen atoms in total. The first-order chi connectivity index (χ1) is 16.7. The summed E-state index contributed by atoms with van der Waals surface area (Å²) in [6.45, 7) is 1.66. The van der Waals surface area contributed by atoms with E-state index in [1.54, 1.807) is 18.2 Å². The van der Waals surface area contributed by atoms with Crippen LogP contribution in [0.1, 0.15) is 12.8 Å². The maximum absolute atomic E-state index is 13.3. The van der Waals surface area contributed by atoms with Crippen LogP contribution < -0.4 is 19.7 Å². The van der Waals surface area contributed by atoms with Crippen LogP contribution in [0.3, 0.4) is 0 Å². The predicted molar refractivity (Wildman–Crippen MR) is 123 cm³/mol. The number of nitrogens with one attached hydrogen (secondary N) is 1. The molecule has 3 aromatic rings. The van der Waals surface area contributed by atoms with Crippen molar-refractivity contribution in [1.82, 2.24) is 25.5 Å². The van der Waals surface area contributed by atoms with Crippen LogP contribution in [0.25, 0.3) is 10.7 Å². The average molecular weight is 485 g/mol. The Morgan fingerprint density at radius 2 is 2.06 bits per heavy atom. The molecule has 0 saturated carbocycles. The minimum absolute atomic E-state index is 0.0115. The molecule has 4 heterocycles. The Bertz CT molecular complexity index is 1140. The fourth-order valence-electron chi connectivity index (χ4n) is 3.78. The number of anilines is 1. The lowest BCUT2D eigenvalue weighted by molar-refractivity contribution is -0.124. The van der Waals surface area contributed by atoms with E-state index in [2.05, 4.69) is 20.7 Å². The summed E-state index contributed by atoms with van der Waals surface area (Å²) >= 11 is 1.49. The summed E-state index contributed by atoms with van der Waals surface area (Å²) in [6.07, 6.45) is 1.91. The highest BCUT2D eigenvalue weighted by atomic mass is 32.1. The molecule has 12 heteroatoms. The SMILES string of the molecule is O=C(CN(C(=O)Cn1nnc(-c2cccs2)n1)c1ccc2c(c1)OCCO2)NC[C@@H]1CCCO1. The van der Waals surface area contributed by atoms with Gasteiger partial charge in [-0.25, -0.2) is 0 Å². The minimum atomic E-state index is -0.362. The van der Waals surface area contributed by atoms with E-state index in [1.165, 1.54) is 21.0 Å². The number of fused-ring (bicyclic) bond motifs is 1. The number of hydrogen-bond donors (Lipinski definition) is 1. The van der Waals surface area contributed by atoms with E-state index in [0.717, 1.165) is 17.7 Å². The van der Waals surface area contributed by atoms with E-state index >= 15 is 0 Å². The van der Waals surface area contributed by atoms with Gasteiger partial charge in [-0.15, -0.1) is 21.5 Å². The smallest absolute Gasteiger partial charge is 0.251 e. The van der Waals surface area contributed by atoms with E-state index in [0.29, 0.717) is 49.4 Å². The Kier molecular flexibility index (Phi) is 6.67. The van der Waals surface area contributed by atoms with Gasteiger partial charge in [0.15, 0.2) is 11.5 Å². The van der Waals surface area contributed by atoms with E-state index in [-0.39, 0.29) is 31.0 Å². The molecule has 2 aliphatic heterocycles. The van der Waals surface area contributed by atoms with Crippen LogP contribution in [0, 0.1) is 0 Å². The summed E-state index contributed by atoms with van der Waals surface area (Å²) in [6, 6.07) is 8.94. The fourth-order valence-corrected chi connectivity index (χ4v) is 4.42. The van der Waals surface area contributed by atoms with Crippen LogP contribution in [0.4, 0.5) is 5.69 Å². The zero-order valence-corrected chi connectivity index (χ0v) is 19.2. The molecule has 0 radical (unpaired) electrons. The topological polar surface area (TPSA) is 121 Å². The minimum Gasteiger partial charge on any atom is -0.486 e. The lowest BCUT2D eigenvalue weighted by Crippen LogP contribution is -2.44. The maximum Gasteiger partial charge on any atom is 0.251 e. The molecule has 1 saturated heterocycles. The highest BCUT2D eigenvalue weighted by Crippen LogP contribution is 2.34. The highest BCUT2D eigenvalue weighted by Gasteiger charge is 2.24. The number of ether oxygens (including phenoxy) is 3. The third-order valence-corrected chi connectivity index (χ3v) is 6.33. The monoisotopic (exact) mass is 484 g/mol. The molecular weight excluding hydrogens is 460 g/mol. The molecule has 0 aliphatic carbocycles. The molecule has 2 aromatic heterocycles. The average Bonchev–Trinajstić information content (AvgIpc) is 3.63. The fraction of sp³-hybridized carbons (Fsp3) is 0.409. The van der Waals surface area contributed by atoms with Crippen molar-refractivity contribution in [3.05, 3.63) is 35.7 Å². The van der Waals surface area contributed by atoms with Crippen LogP contribution in [0.2, 0.25) is 0 Å². The van der Waals surface area contributed by atoms with E-state index in [9.17, 15) is 9.59 Å². The molecule has 0 bridgehead atoms. The third kappa shape index (κ3) is 5.18. The molecule has 0 unspecified atom stereocenters. The quantitative estimate of drug-likeness (QED) is 0.511. The summed E-state index contributed by atoms with van der Waals surface area (Å²) in [4.78, 5) is 29.5. The number of nitrogens with zero attached hydrogens (tertiary/aromatic N) is 5. The molecule has 0 spiro atoms. The summed E-state index contributed by atoms with van der Waals surface area (Å²) in [5, 5.41) is 17.1. The second kappa shape index (κ2) is 10.2. The van der Waals surface area contributed by atoms with Crippen molar-refractivity contribution in [2.24, 2.45) is 0 Å². The van der Waals surface area contributed by atoms with E-state index < -0.39 is 0 Å². The van der Waals surface area contributed by atoms with E-state index in [4.69, 9.17) is 14.2 Å². The van der Waals surface area contributed by atoms with Gasteiger partial charge in [-0.3, -0.25) is 9.59 Å². The Labute approximate surface area is 199 Å². The molecule has 34 heavy (non-hydrogen) atoms. The van der Waals surface area contributed by atoms with Crippen LogP contribution >= 0.6 is 11.3 Å².